The van der Waals surface area contributed by atoms with Crippen LogP contribution in [-0.2, 0) is 0 Å². The van der Waals surface area contributed by atoms with Gasteiger partial charge in [0.15, 0.2) is 0 Å². The highest BCUT2D eigenvalue weighted by Gasteiger charge is 2.15. The molecule has 1 radical (unpaired) electrons. The van der Waals surface area contributed by atoms with Gasteiger partial charge in [0, 0.05) is 19.5 Å². The molecular weight excluding hydrogens is 150 g/mol. The minimum Gasteiger partial charge on any atom is -0.356 e. The third-order valence-electron chi connectivity index (χ3n) is 1.87. The van der Waals surface area contributed by atoms with Crippen LogP contribution in [0.3, 0.4) is 0 Å². The lowest BCUT2D eigenvalue weighted by atomic mass is 10.2. The van der Waals surface area contributed by atoms with Crippen LogP contribution >= 0.6 is 0 Å². The van der Waals surface area contributed by atoms with Crippen LogP contribution in [0.5, 0.6) is 0 Å². The van der Waals surface area contributed by atoms with Crippen molar-refractivity contribution in [3.8, 4) is 6.07 Å². The number of hydrogen-bond acceptors (Lipinski definition) is 3. The minimum absolute atomic E-state index is 0.486. The Balaban J connectivity index is 2.27. The maximum atomic E-state index is 8.60. The van der Waals surface area contributed by atoms with Crippen molar-refractivity contribution in [2.45, 2.75) is 0 Å². The Kier molecular flexibility index (Phi) is 1.67. The first-order valence-corrected chi connectivity index (χ1v) is 3.84. The SMILES string of the molecule is N#Cc1cccc(N2C[CH]C2)n1. The van der Waals surface area contributed by atoms with E-state index in [9.17, 15) is 0 Å². The topological polar surface area (TPSA) is 39.9 Å². The second kappa shape index (κ2) is 2.82. The molecule has 0 aliphatic carbocycles. The molecule has 2 rings (SSSR count). The molecule has 1 aliphatic rings. The molecular formula is C9H8N3. The first-order valence-electron chi connectivity index (χ1n) is 3.84. The van der Waals surface area contributed by atoms with E-state index in [0.29, 0.717) is 5.69 Å². The molecule has 1 aromatic rings. The Bertz CT molecular complexity index is 323. The predicted octanol–water partition coefficient (Wildman–Crippen LogP) is 0.978. The van der Waals surface area contributed by atoms with E-state index in [-0.39, 0.29) is 0 Å². The zero-order chi connectivity index (χ0) is 8.39. The Morgan fingerprint density at radius 2 is 2.25 bits per heavy atom. The van der Waals surface area contributed by atoms with Crippen molar-refractivity contribution in [1.82, 2.24) is 4.98 Å². The fourth-order valence-electron chi connectivity index (χ4n) is 1.11. The van der Waals surface area contributed by atoms with Gasteiger partial charge in [0.1, 0.15) is 17.6 Å². The van der Waals surface area contributed by atoms with E-state index in [1.807, 2.05) is 18.2 Å². The van der Waals surface area contributed by atoms with E-state index in [0.717, 1.165) is 18.9 Å². The zero-order valence-corrected chi connectivity index (χ0v) is 6.57. The number of nitriles is 1. The summed E-state index contributed by atoms with van der Waals surface area (Å²) in [6.45, 7) is 1.89. The van der Waals surface area contributed by atoms with Crippen molar-refractivity contribution in [2.24, 2.45) is 0 Å². The van der Waals surface area contributed by atoms with Crippen molar-refractivity contribution in [3.63, 3.8) is 0 Å². The Labute approximate surface area is 71.3 Å². The average Bonchev–Trinajstić information content (AvgIpc) is 2.02. The first-order chi connectivity index (χ1) is 5.90. The third-order valence-corrected chi connectivity index (χ3v) is 1.87. The summed E-state index contributed by atoms with van der Waals surface area (Å²) in [5, 5.41) is 8.60. The molecule has 12 heavy (non-hydrogen) atoms. The summed E-state index contributed by atoms with van der Waals surface area (Å²) < 4.78 is 0. The van der Waals surface area contributed by atoms with Crippen molar-refractivity contribution < 1.29 is 0 Å². The number of anilines is 1. The Morgan fingerprint density at radius 3 is 2.83 bits per heavy atom. The van der Waals surface area contributed by atoms with Crippen LogP contribution in [0.1, 0.15) is 5.69 Å². The molecule has 3 heteroatoms. The number of aromatic nitrogens is 1. The summed E-state index contributed by atoms with van der Waals surface area (Å²) in [4.78, 5) is 6.27. The van der Waals surface area contributed by atoms with E-state index in [2.05, 4.69) is 16.3 Å². The van der Waals surface area contributed by atoms with Gasteiger partial charge < -0.3 is 4.90 Å². The smallest absolute Gasteiger partial charge is 0.142 e. The second-order valence-corrected chi connectivity index (χ2v) is 2.69. The van der Waals surface area contributed by atoms with E-state index < -0.39 is 0 Å². The monoisotopic (exact) mass is 158 g/mol. The molecule has 3 nitrogen and oxygen atoms in total. The van der Waals surface area contributed by atoms with Crippen LogP contribution in [0.15, 0.2) is 18.2 Å². The molecule has 0 saturated carbocycles. The highest BCUT2D eigenvalue weighted by Crippen LogP contribution is 2.16. The summed E-state index contributed by atoms with van der Waals surface area (Å²) >= 11 is 0. The van der Waals surface area contributed by atoms with Crippen molar-refractivity contribution >= 4 is 5.82 Å². The highest BCUT2D eigenvalue weighted by molar-refractivity contribution is 5.45. The predicted molar refractivity (Wildman–Crippen MR) is 45.5 cm³/mol. The van der Waals surface area contributed by atoms with Crippen molar-refractivity contribution in [3.05, 3.63) is 30.3 Å². The van der Waals surface area contributed by atoms with Gasteiger partial charge in [0.2, 0.25) is 0 Å². The number of nitrogens with zero attached hydrogens (tertiary/aromatic N) is 3. The highest BCUT2D eigenvalue weighted by atomic mass is 15.2. The summed E-state index contributed by atoms with van der Waals surface area (Å²) in [6, 6.07) is 7.52. The second-order valence-electron chi connectivity index (χ2n) is 2.69. The van der Waals surface area contributed by atoms with Gasteiger partial charge >= 0.3 is 0 Å². The molecule has 1 fully saturated rings. The van der Waals surface area contributed by atoms with Crippen LogP contribution < -0.4 is 4.90 Å². The normalized spacial score (nSPS) is 15.1. The molecule has 0 aromatic carbocycles. The minimum atomic E-state index is 0.486. The van der Waals surface area contributed by atoms with Gasteiger partial charge in [0.05, 0.1) is 0 Å². The van der Waals surface area contributed by atoms with Crippen LogP contribution in [-0.4, -0.2) is 18.1 Å². The lowest BCUT2D eigenvalue weighted by Crippen LogP contribution is -2.38. The molecule has 1 saturated heterocycles. The van der Waals surface area contributed by atoms with Gasteiger partial charge in [-0.1, -0.05) is 6.07 Å². The van der Waals surface area contributed by atoms with Gasteiger partial charge in [-0.05, 0) is 12.1 Å². The van der Waals surface area contributed by atoms with E-state index in [1.165, 1.54) is 0 Å². The molecule has 0 spiro atoms. The van der Waals surface area contributed by atoms with Crippen LogP contribution in [0.2, 0.25) is 0 Å². The molecule has 2 heterocycles. The van der Waals surface area contributed by atoms with Crippen LogP contribution in [0.4, 0.5) is 5.82 Å². The lowest BCUT2D eigenvalue weighted by molar-refractivity contribution is 0.748. The largest absolute Gasteiger partial charge is 0.356 e. The van der Waals surface area contributed by atoms with E-state index in [1.54, 1.807) is 6.07 Å². The van der Waals surface area contributed by atoms with Gasteiger partial charge in [-0.15, -0.1) is 0 Å². The third kappa shape index (κ3) is 1.12. The summed E-state index contributed by atoms with van der Waals surface area (Å²) in [5.41, 5.74) is 0.486. The van der Waals surface area contributed by atoms with Gasteiger partial charge in [-0.25, -0.2) is 4.98 Å². The molecule has 0 bridgehead atoms. The van der Waals surface area contributed by atoms with Gasteiger partial charge in [-0.3, -0.25) is 0 Å². The fourth-order valence-corrected chi connectivity index (χ4v) is 1.11. The number of pyridine rings is 1. The molecule has 1 aromatic heterocycles. The van der Waals surface area contributed by atoms with Crippen molar-refractivity contribution in [2.75, 3.05) is 18.0 Å². The molecule has 1 aliphatic heterocycles. The molecule has 0 N–H and O–H groups in total. The summed E-state index contributed by atoms with van der Waals surface area (Å²) in [5.74, 6) is 0.900. The molecule has 0 atom stereocenters. The van der Waals surface area contributed by atoms with Crippen LogP contribution in [0, 0.1) is 17.8 Å². The maximum Gasteiger partial charge on any atom is 0.142 e. The quantitative estimate of drug-likeness (QED) is 0.611. The lowest BCUT2D eigenvalue weighted by Gasteiger charge is -2.31. The van der Waals surface area contributed by atoms with Crippen LogP contribution in [0.25, 0.3) is 0 Å². The van der Waals surface area contributed by atoms with E-state index >= 15 is 0 Å². The fraction of sp³-hybridized carbons (Fsp3) is 0.222. The maximum absolute atomic E-state index is 8.60. The van der Waals surface area contributed by atoms with Gasteiger partial charge in [0.25, 0.3) is 0 Å². The number of hydrogen-bond donors (Lipinski definition) is 0. The standard InChI is InChI=1S/C9H8N3/c10-7-8-3-1-4-9(11-8)12-5-2-6-12/h1-4H,5-6H2. The average molecular weight is 158 g/mol. The first kappa shape index (κ1) is 7.11. The van der Waals surface area contributed by atoms with E-state index in [4.69, 9.17) is 5.26 Å². The Morgan fingerprint density at radius 1 is 1.42 bits per heavy atom. The molecule has 59 valence electrons. The van der Waals surface area contributed by atoms with Crippen molar-refractivity contribution in [1.29, 1.82) is 5.26 Å². The number of rotatable bonds is 1. The van der Waals surface area contributed by atoms with Gasteiger partial charge in [-0.2, -0.15) is 5.26 Å². The molecule has 0 unspecified atom stereocenters. The summed E-state index contributed by atoms with van der Waals surface area (Å²) in [6.07, 6.45) is 2.17. The Hall–Kier alpha value is -1.56. The summed E-state index contributed by atoms with van der Waals surface area (Å²) in [7, 11) is 0. The zero-order valence-electron chi connectivity index (χ0n) is 6.57. The molecule has 0 amide bonds.